The van der Waals surface area contributed by atoms with Crippen molar-refractivity contribution >= 4 is 23.1 Å². The smallest absolute Gasteiger partial charge is 0.300 e. The van der Waals surface area contributed by atoms with E-state index in [9.17, 15) is 14.7 Å². The number of Topliss-reactive ketones (excluding diaryl/α,β-unsaturated/α-hetero) is 1. The number of ketones is 1. The number of rotatable bonds is 4. The van der Waals surface area contributed by atoms with Crippen molar-refractivity contribution in [3.05, 3.63) is 83.2 Å². The highest BCUT2D eigenvalue weighted by atomic mass is 16.7. The summed E-state index contributed by atoms with van der Waals surface area (Å²) < 4.78 is 16.1. The number of pyridine rings is 1. The van der Waals surface area contributed by atoms with Gasteiger partial charge in [-0.3, -0.25) is 19.5 Å². The van der Waals surface area contributed by atoms with Crippen molar-refractivity contribution in [3.63, 3.8) is 0 Å². The van der Waals surface area contributed by atoms with Crippen LogP contribution in [0.5, 0.6) is 17.2 Å². The number of amides is 1. The molecular weight excluding hydrogens is 424 g/mol. The lowest BCUT2D eigenvalue weighted by atomic mass is 9.94. The molecule has 8 nitrogen and oxygen atoms in total. The highest BCUT2D eigenvalue weighted by molar-refractivity contribution is 6.51. The van der Waals surface area contributed by atoms with Gasteiger partial charge in [-0.25, -0.2) is 0 Å². The fourth-order valence-electron chi connectivity index (χ4n) is 4.16. The van der Waals surface area contributed by atoms with Gasteiger partial charge in [0.2, 0.25) is 6.79 Å². The lowest BCUT2D eigenvalue weighted by molar-refractivity contribution is -0.132. The number of carbonyl (C=O) groups is 2. The number of ether oxygens (including phenoxy) is 3. The third kappa shape index (κ3) is 3.36. The first-order chi connectivity index (χ1) is 16.0. The van der Waals surface area contributed by atoms with Crippen LogP contribution < -0.4 is 19.1 Å². The SMILES string of the molecule is COc1ccc(/C(O)=C2\C(=O)C(=O)N(c3ccc4c(c3)OCO4)C2c2cccnc2)c(C)c1. The molecular formula is C25H20N2O6. The molecule has 8 heteroatoms. The number of anilines is 1. The van der Waals surface area contributed by atoms with Gasteiger partial charge in [0.15, 0.2) is 11.5 Å². The summed E-state index contributed by atoms with van der Waals surface area (Å²) >= 11 is 0. The molecule has 2 aliphatic heterocycles. The molecule has 0 radical (unpaired) electrons. The van der Waals surface area contributed by atoms with Crippen molar-refractivity contribution in [2.75, 3.05) is 18.8 Å². The number of aliphatic hydroxyl groups excluding tert-OH is 1. The highest BCUT2D eigenvalue weighted by Gasteiger charge is 2.47. The van der Waals surface area contributed by atoms with E-state index >= 15 is 0 Å². The van der Waals surface area contributed by atoms with Crippen LogP contribution in [0.4, 0.5) is 5.69 Å². The van der Waals surface area contributed by atoms with Crippen molar-refractivity contribution < 1.29 is 28.9 Å². The van der Waals surface area contributed by atoms with Crippen LogP contribution in [-0.2, 0) is 9.59 Å². The molecule has 166 valence electrons. The van der Waals surface area contributed by atoms with E-state index in [1.54, 1.807) is 75.0 Å². The molecule has 1 saturated heterocycles. The van der Waals surface area contributed by atoms with Gasteiger partial charge in [-0.2, -0.15) is 0 Å². The van der Waals surface area contributed by atoms with Gasteiger partial charge in [0, 0.05) is 29.7 Å². The summed E-state index contributed by atoms with van der Waals surface area (Å²) in [6.07, 6.45) is 3.18. The summed E-state index contributed by atoms with van der Waals surface area (Å²) in [5.74, 6) is -0.142. The van der Waals surface area contributed by atoms with Crippen LogP contribution in [0.25, 0.3) is 5.76 Å². The van der Waals surface area contributed by atoms with E-state index in [0.717, 1.165) is 0 Å². The Morgan fingerprint density at radius 2 is 1.94 bits per heavy atom. The quantitative estimate of drug-likeness (QED) is 0.372. The summed E-state index contributed by atoms with van der Waals surface area (Å²) in [4.78, 5) is 32.0. The van der Waals surface area contributed by atoms with Crippen molar-refractivity contribution in [2.24, 2.45) is 0 Å². The predicted octanol–water partition coefficient (Wildman–Crippen LogP) is 3.75. The molecule has 1 N–H and O–H groups in total. The highest BCUT2D eigenvalue weighted by Crippen LogP contribution is 2.45. The van der Waals surface area contributed by atoms with Crippen LogP contribution in [0.2, 0.25) is 0 Å². The van der Waals surface area contributed by atoms with Gasteiger partial charge in [0.25, 0.3) is 11.7 Å². The second-order valence-corrected chi connectivity index (χ2v) is 7.67. The number of hydrogen-bond donors (Lipinski definition) is 1. The molecule has 1 atom stereocenters. The number of benzene rings is 2. The van der Waals surface area contributed by atoms with Gasteiger partial charge >= 0.3 is 0 Å². The van der Waals surface area contributed by atoms with E-state index in [-0.39, 0.29) is 18.1 Å². The van der Waals surface area contributed by atoms with Crippen LogP contribution in [0.1, 0.15) is 22.7 Å². The molecule has 1 fully saturated rings. The largest absolute Gasteiger partial charge is 0.507 e. The average Bonchev–Trinajstić information content (AvgIpc) is 3.41. The Hall–Kier alpha value is -4.33. The van der Waals surface area contributed by atoms with E-state index < -0.39 is 17.7 Å². The van der Waals surface area contributed by atoms with Gasteiger partial charge in [0.1, 0.15) is 11.5 Å². The van der Waals surface area contributed by atoms with E-state index in [0.29, 0.717) is 39.6 Å². The number of fused-ring (bicyclic) bond motifs is 1. The zero-order chi connectivity index (χ0) is 23.1. The summed E-state index contributed by atoms with van der Waals surface area (Å²) in [5, 5.41) is 11.3. The average molecular weight is 444 g/mol. The molecule has 0 spiro atoms. The summed E-state index contributed by atoms with van der Waals surface area (Å²) in [5.41, 5.74) is 2.15. The van der Waals surface area contributed by atoms with Crippen LogP contribution in [0.3, 0.4) is 0 Å². The monoisotopic (exact) mass is 444 g/mol. The number of methoxy groups -OCH3 is 1. The standard InChI is InChI=1S/C25H20N2O6/c1-14-10-17(31-2)6-7-18(14)23(28)21-22(15-4-3-9-26-12-15)27(25(30)24(21)29)16-5-8-19-20(11-16)33-13-32-19/h3-12,22,28H,13H2,1-2H3/b23-21+. The Morgan fingerprint density at radius 1 is 1.12 bits per heavy atom. The minimum Gasteiger partial charge on any atom is -0.507 e. The Balaban J connectivity index is 1.70. The Bertz CT molecular complexity index is 1300. The summed E-state index contributed by atoms with van der Waals surface area (Å²) in [6.45, 7) is 1.88. The zero-order valence-corrected chi connectivity index (χ0v) is 17.9. The number of carbonyl (C=O) groups excluding carboxylic acids is 2. The first-order valence-corrected chi connectivity index (χ1v) is 10.2. The number of hydrogen-bond acceptors (Lipinski definition) is 7. The molecule has 1 aromatic heterocycles. The predicted molar refractivity (Wildman–Crippen MR) is 119 cm³/mol. The van der Waals surface area contributed by atoms with Gasteiger partial charge < -0.3 is 19.3 Å². The molecule has 2 aliphatic rings. The lowest BCUT2D eigenvalue weighted by Gasteiger charge is -2.25. The first kappa shape index (κ1) is 20.6. The molecule has 33 heavy (non-hydrogen) atoms. The minimum atomic E-state index is -0.874. The molecule has 3 heterocycles. The lowest BCUT2D eigenvalue weighted by Crippen LogP contribution is -2.29. The maximum absolute atomic E-state index is 13.2. The number of aromatic nitrogens is 1. The van der Waals surface area contributed by atoms with Crippen LogP contribution in [0, 0.1) is 6.92 Å². The summed E-state index contributed by atoms with van der Waals surface area (Å²) in [6, 6.07) is 12.7. The maximum atomic E-state index is 13.2. The van der Waals surface area contributed by atoms with E-state index in [1.807, 2.05) is 0 Å². The third-order valence-corrected chi connectivity index (χ3v) is 5.77. The van der Waals surface area contributed by atoms with Crippen LogP contribution in [0.15, 0.2) is 66.5 Å². The Labute approximate surface area is 189 Å². The molecule has 0 saturated carbocycles. The summed E-state index contributed by atoms with van der Waals surface area (Å²) in [7, 11) is 1.55. The van der Waals surface area contributed by atoms with E-state index in [1.165, 1.54) is 4.90 Å². The molecule has 0 bridgehead atoms. The van der Waals surface area contributed by atoms with Gasteiger partial charge in [-0.1, -0.05) is 6.07 Å². The van der Waals surface area contributed by atoms with Crippen LogP contribution >= 0.6 is 0 Å². The Morgan fingerprint density at radius 3 is 2.67 bits per heavy atom. The molecule has 0 aliphatic carbocycles. The van der Waals surface area contributed by atoms with E-state index in [2.05, 4.69) is 4.98 Å². The van der Waals surface area contributed by atoms with Crippen molar-refractivity contribution in [1.82, 2.24) is 4.98 Å². The second kappa shape index (κ2) is 7.98. The maximum Gasteiger partial charge on any atom is 0.300 e. The normalized spacial score (nSPS) is 18.6. The van der Waals surface area contributed by atoms with Crippen molar-refractivity contribution in [1.29, 1.82) is 0 Å². The zero-order valence-electron chi connectivity index (χ0n) is 17.9. The number of nitrogens with zero attached hydrogens (tertiary/aromatic N) is 2. The minimum absolute atomic E-state index is 0.0149. The topological polar surface area (TPSA) is 98.2 Å². The first-order valence-electron chi connectivity index (χ1n) is 10.2. The van der Waals surface area contributed by atoms with E-state index in [4.69, 9.17) is 14.2 Å². The number of aliphatic hydroxyl groups is 1. The molecule has 1 unspecified atom stereocenters. The van der Waals surface area contributed by atoms with Crippen molar-refractivity contribution in [3.8, 4) is 17.2 Å². The Kier molecular flexibility index (Phi) is 4.97. The number of aryl methyl sites for hydroxylation is 1. The van der Waals surface area contributed by atoms with Gasteiger partial charge in [0.05, 0.1) is 18.7 Å². The van der Waals surface area contributed by atoms with Crippen molar-refractivity contribution in [2.45, 2.75) is 13.0 Å². The fraction of sp³-hybridized carbons (Fsp3) is 0.160. The molecule has 3 aromatic rings. The molecule has 5 rings (SSSR count). The van der Waals surface area contributed by atoms with Gasteiger partial charge in [-0.05, 0) is 54.4 Å². The third-order valence-electron chi connectivity index (χ3n) is 5.77. The molecule has 1 amide bonds. The fourth-order valence-corrected chi connectivity index (χ4v) is 4.16. The van der Waals surface area contributed by atoms with Gasteiger partial charge in [-0.15, -0.1) is 0 Å². The van der Waals surface area contributed by atoms with Crippen LogP contribution in [-0.4, -0.2) is 35.7 Å². The molecule has 2 aromatic carbocycles. The second-order valence-electron chi connectivity index (χ2n) is 7.67.